The molecular weight excluding hydrogens is 280 g/mol. The maximum atomic E-state index is 12.4. The maximum Gasteiger partial charge on any atom is 0.267 e. The molecule has 2 N–H and O–H groups in total. The molecule has 1 aromatic rings. The van der Waals surface area contributed by atoms with Gasteiger partial charge in [-0.05, 0) is 31.2 Å². The van der Waals surface area contributed by atoms with Gasteiger partial charge in [0.25, 0.3) is 5.91 Å². The van der Waals surface area contributed by atoms with Crippen molar-refractivity contribution in [2.75, 3.05) is 13.1 Å². The van der Waals surface area contributed by atoms with Gasteiger partial charge in [-0.3, -0.25) is 9.59 Å². The molecule has 6 nitrogen and oxygen atoms in total. The number of nitrogens with zero attached hydrogens (tertiary/aromatic N) is 3. The third-order valence-electron chi connectivity index (χ3n) is 3.92. The zero-order valence-electron chi connectivity index (χ0n) is 13.5. The van der Waals surface area contributed by atoms with E-state index in [2.05, 4.69) is 9.97 Å². The summed E-state index contributed by atoms with van der Waals surface area (Å²) in [6.45, 7) is 7.41. The van der Waals surface area contributed by atoms with Crippen LogP contribution in [-0.4, -0.2) is 39.8 Å². The summed E-state index contributed by atoms with van der Waals surface area (Å²) < 4.78 is 0. The van der Waals surface area contributed by atoms with E-state index in [1.807, 2.05) is 25.7 Å². The molecule has 1 aromatic heterocycles. The van der Waals surface area contributed by atoms with Gasteiger partial charge in [0, 0.05) is 24.2 Å². The second-order valence-corrected chi connectivity index (χ2v) is 6.97. The Morgan fingerprint density at radius 1 is 1.36 bits per heavy atom. The molecule has 22 heavy (non-hydrogen) atoms. The van der Waals surface area contributed by atoms with Crippen molar-refractivity contribution in [1.29, 1.82) is 0 Å². The van der Waals surface area contributed by atoms with Gasteiger partial charge in [0.05, 0.1) is 0 Å². The number of hydrogen-bond donors (Lipinski definition) is 1. The number of aromatic nitrogens is 2. The standard InChI is InChI=1S/C16H24N4O2/c1-16(2,3)15(22)20-6-4-5-11(9-20)7-12-8-13(14(17)21)19-10-18-12/h8,10-11H,4-7,9H2,1-3H3,(H2,17,21)/t11-/m1/s1. The van der Waals surface area contributed by atoms with Crippen LogP contribution in [0.2, 0.25) is 0 Å². The van der Waals surface area contributed by atoms with Crippen LogP contribution in [0.15, 0.2) is 12.4 Å². The fraction of sp³-hybridized carbons (Fsp3) is 0.625. The predicted molar refractivity (Wildman–Crippen MR) is 83.0 cm³/mol. The largest absolute Gasteiger partial charge is 0.364 e. The normalized spacial score (nSPS) is 19.0. The predicted octanol–water partition coefficient (Wildman–Crippen LogP) is 1.40. The van der Waals surface area contributed by atoms with E-state index in [9.17, 15) is 9.59 Å². The fourth-order valence-corrected chi connectivity index (χ4v) is 2.83. The fourth-order valence-electron chi connectivity index (χ4n) is 2.83. The van der Waals surface area contributed by atoms with Gasteiger partial charge in [0.2, 0.25) is 5.91 Å². The van der Waals surface area contributed by atoms with Gasteiger partial charge in [0.1, 0.15) is 12.0 Å². The number of amides is 2. The number of rotatable bonds is 3. The average Bonchev–Trinajstić information content (AvgIpc) is 2.46. The molecule has 0 unspecified atom stereocenters. The lowest BCUT2D eigenvalue weighted by Gasteiger charge is -2.36. The zero-order chi connectivity index (χ0) is 16.3. The monoisotopic (exact) mass is 304 g/mol. The number of piperidine rings is 1. The van der Waals surface area contributed by atoms with Crippen LogP contribution in [0.3, 0.4) is 0 Å². The third-order valence-corrected chi connectivity index (χ3v) is 3.92. The van der Waals surface area contributed by atoms with Crippen LogP contribution in [0.25, 0.3) is 0 Å². The van der Waals surface area contributed by atoms with Crippen molar-refractivity contribution >= 4 is 11.8 Å². The molecule has 2 heterocycles. The second-order valence-electron chi connectivity index (χ2n) is 6.97. The number of carbonyl (C=O) groups is 2. The van der Waals surface area contributed by atoms with Crippen LogP contribution < -0.4 is 5.73 Å². The van der Waals surface area contributed by atoms with E-state index in [1.54, 1.807) is 6.07 Å². The van der Waals surface area contributed by atoms with Gasteiger partial charge in [-0.15, -0.1) is 0 Å². The highest BCUT2D eigenvalue weighted by atomic mass is 16.2. The molecule has 1 aliphatic rings. The first-order valence-corrected chi connectivity index (χ1v) is 7.67. The number of likely N-dealkylation sites (tertiary alicyclic amines) is 1. The molecule has 0 aliphatic carbocycles. The Morgan fingerprint density at radius 3 is 2.73 bits per heavy atom. The Balaban J connectivity index is 2.03. The molecule has 120 valence electrons. The molecule has 2 amide bonds. The first kappa shape index (κ1) is 16.4. The minimum absolute atomic E-state index is 0.192. The van der Waals surface area contributed by atoms with E-state index in [4.69, 9.17) is 5.73 Å². The zero-order valence-corrected chi connectivity index (χ0v) is 13.5. The molecule has 6 heteroatoms. The lowest BCUT2D eigenvalue weighted by Crippen LogP contribution is -2.45. The van der Waals surface area contributed by atoms with Crippen molar-refractivity contribution in [2.24, 2.45) is 17.1 Å². The Kier molecular flexibility index (Phi) is 4.78. The summed E-state index contributed by atoms with van der Waals surface area (Å²) >= 11 is 0. The minimum Gasteiger partial charge on any atom is -0.364 e. The summed E-state index contributed by atoms with van der Waals surface area (Å²) in [6.07, 6.45) is 4.16. The van der Waals surface area contributed by atoms with Crippen LogP contribution in [0.4, 0.5) is 0 Å². The Hall–Kier alpha value is -1.98. The quantitative estimate of drug-likeness (QED) is 0.914. The molecule has 2 rings (SSSR count). The number of hydrogen-bond acceptors (Lipinski definition) is 4. The van der Waals surface area contributed by atoms with Gasteiger partial charge in [-0.1, -0.05) is 20.8 Å². The number of carbonyl (C=O) groups excluding carboxylic acids is 2. The summed E-state index contributed by atoms with van der Waals surface area (Å²) in [6, 6.07) is 1.65. The topological polar surface area (TPSA) is 89.2 Å². The van der Waals surface area contributed by atoms with E-state index in [0.717, 1.165) is 38.0 Å². The van der Waals surface area contributed by atoms with E-state index in [1.165, 1.54) is 6.33 Å². The van der Waals surface area contributed by atoms with E-state index in [0.29, 0.717) is 5.92 Å². The van der Waals surface area contributed by atoms with Crippen LogP contribution >= 0.6 is 0 Å². The maximum absolute atomic E-state index is 12.4. The van der Waals surface area contributed by atoms with Gasteiger partial charge in [-0.25, -0.2) is 9.97 Å². The lowest BCUT2D eigenvalue weighted by atomic mass is 9.89. The van der Waals surface area contributed by atoms with Crippen LogP contribution in [0.5, 0.6) is 0 Å². The van der Waals surface area contributed by atoms with Gasteiger partial charge < -0.3 is 10.6 Å². The molecule has 0 aromatic carbocycles. The molecule has 0 radical (unpaired) electrons. The first-order valence-electron chi connectivity index (χ1n) is 7.67. The molecule has 1 atom stereocenters. The Morgan fingerprint density at radius 2 is 2.09 bits per heavy atom. The highest BCUT2D eigenvalue weighted by Gasteiger charge is 2.31. The number of primary amides is 1. The summed E-state index contributed by atoms with van der Waals surface area (Å²) in [7, 11) is 0. The summed E-state index contributed by atoms with van der Waals surface area (Å²) in [5.41, 5.74) is 5.94. The van der Waals surface area contributed by atoms with Crippen molar-refractivity contribution < 1.29 is 9.59 Å². The molecule has 1 aliphatic heterocycles. The smallest absolute Gasteiger partial charge is 0.267 e. The minimum atomic E-state index is -0.545. The highest BCUT2D eigenvalue weighted by Crippen LogP contribution is 2.25. The van der Waals surface area contributed by atoms with Gasteiger partial charge >= 0.3 is 0 Å². The van der Waals surface area contributed by atoms with Crippen molar-refractivity contribution in [3.05, 3.63) is 23.8 Å². The average molecular weight is 304 g/mol. The van der Waals surface area contributed by atoms with Crippen molar-refractivity contribution in [3.8, 4) is 0 Å². The molecule has 0 bridgehead atoms. The highest BCUT2D eigenvalue weighted by molar-refractivity contribution is 5.90. The van der Waals surface area contributed by atoms with E-state index < -0.39 is 5.91 Å². The first-order chi connectivity index (χ1) is 10.3. The Labute approximate surface area is 131 Å². The van der Waals surface area contributed by atoms with Crippen molar-refractivity contribution in [1.82, 2.24) is 14.9 Å². The third kappa shape index (κ3) is 4.02. The second kappa shape index (κ2) is 6.42. The van der Waals surface area contributed by atoms with Crippen LogP contribution in [0.1, 0.15) is 49.8 Å². The van der Waals surface area contributed by atoms with Crippen LogP contribution in [-0.2, 0) is 11.2 Å². The van der Waals surface area contributed by atoms with Gasteiger partial charge in [-0.2, -0.15) is 0 Å². The SMILES string of the molecule is CC(C)(C)C(=O)N1CCC[C@H](Cc2cc(C(N)=O)ncn2)C1. The van der Waals surface area contributed by atoms with E-state index in [-0.39, 0.29) is 17.0 Å². The molecule has 1 fully saturated rings. The van der Waals surface area contributed by atoms with E-state index >= 15 is 0 Å². The summed E-state index contributed by atoms with van der Waals surface area (Å²) in [5.74, 6) is 0.00483. The lowest BCUT2D eigenvalue weighted by molar-refractivity contribution is -0.141. The van der Waals surface area contributed by atoms with Crippen molar-refractivity contribution in [2.45, 2.75) is 40.0 Å². The van der Waals surface area contributed by atoms with Gasteiger partial charge in [0.15, 0.2) is 0 Å². The van der Waals surface area contributed by atoms with Crippen LogP contribution in [0, 0.1) is 11.3 Å². The molecule has 0 spiro atoms. The molecular formula is C16H24N4O2. The number of nitrogens with two attached hydrogens (primary N) is 1. The summed E-state index contributed by atoms with van der Waals surface area (Å²) in [4.78, 5) is 33.6. The molecule has 0 saturated carbocycles. The van der Waals surface area contributed by atoms with Crippen molar-refractivity contribution in [3.63, 3.8) is 0 Å². The Bertz CT molecular complexity index is 566. The molecule has 1 saturated heterocycles. The summed E-state index contributed by atoms with van der Waals surface area (Å²) in [5, 5.41) is 0.